The zero-order chi connectivity index (χ0) is 34.7. The highest BCUT2D eigenvalue weighted by Crippen LogP contribution is 2.69. The maximum absolute atomic E-state index is 13.1. The predicted octanol–water partition coefficient (Wildman–Crippen LogP) is 1.86. The molecule has 14 heteroatoms. The largest absolute Gasteiger partial charge is 0.462 e. The van der Waals surface area contributed by atoms with Gasteiger partial charge in [0, 0.05) is 60.3 Å². The Morgan fingerprint density at radius 3 is 1.63 bits per heavy atom. The molecule has 1 spiro atoms. The van der Waals surface area contributed by atoms with E-state index in [9.17, 15) is 33.9 Å². The van der Waals surface area contributed by atoms with Gasteiger partial charge in [-0.1, -0.05) is 6.92 Å². The number of carbonyl (C=O) groups is 6. The van der Waals surface area contributed by atoms with Crippen molar-refractivity contribution >= 4 is 35.8 Å². The Bertz CT molecular complexity index is 1350. The van der Waals surface area contributed by atoms with E-state index in [2.05, 4.69) is 0 Å². The standard InChI is InChI=1S/C32H44O14/c1-14-21(41-15(2)33)12-31(29(8,9)39)24(14)25(44-18(5)36)27(45-19(6)37)30(10)22(42-16(3)34)11-23(43-17(4)35)32(13-40-32)26(30)28(31)46-20(7)38/h21-23,25-28,39H,11-13H2,1-10H3/t21-,22-,23-,25+,26-,27+,28-,30+,31-,32+/m0/s1. The molecule has 1 aliphatic heterocycles. The monoisotopic (exact) mass is 652 g/mol. The summed E-state index contributed by atoms with van der Waals surface area (Å²) in [5.41, 5.74) is -5.87. The second-order valence-electron chi connectivity index (χ2n) is 13.5. The zero-order valence-electron chi connectivity index (χ0n) is 27.9. The highest BCUT2D eigenvalue weighted by Gasteiger charge is 2.81. The number of fused-ring (bicyclic) bond motifs is 3. The quantitative estimate of drug-likeness (QED) is 0.181. The number of carbonyl (C=O) groups excluding carboxylic acids is 6. The number of aliphatic hydroxyl groups is 1. The topological polar surface area (TPSA) is 191 Å². The fourth-order valence-electron chi connectivity index (χ4n) is 8.55. The first-order chi connectivity index (χ1) is 21.1. The van der Waals surface area contributed by atoms with Gasteiger partial charge in [-0.05, 0) is 31.9 Å². The van der Waals surface area contributed by atoms with E-state index in [4.69, 9.17) is 33.2 Å². The normalized spacial score (nSPS) is 38.0. The van der Waals surface area contributed by atoms with Crippen molar-refractivity contribution in [3.63, 3.8) is 0 Å². The summed E-state index contributed by atoms with van der Waals surface area (Å²) in [4.78, 5) is 76.2. The summed E-state index contributed by atoms with van der Waals surface area (Å²) in [6, 6.07) is 0. The van der Waals surface area contributed by atoms with Crippen molar-refractivity contribution < 1.29 is 67.0 Å². The minimum atomic E-state index is -1.82. The molecule has 0 bridgehead atoms. The molecule has 2 saturated carbocycles. The van der Waals surface area contributed by atoms with Crippen LogP contribution in [-0.4, -0.2) is 95.4 Å². The van der Waals surface area contributed by atoms with Crippen LogP contribution < -0.4 is 0 Å². The summed E-state index contributed by atoms with van der Waals surface area (Å²) < 4.78 is 41.8. The molecule has 14 nitrogen and oxygen atoms in total. The van der Waals surface area contributed by atoms with Gasteiger partial charge in [-0.25, -0.2) is 0 Å². The summed E-state index contributed by atoms with van der Waals surface area (Å²) in [7, 11) is 0. The lowest BCUT2D eigenvalue weighted by Gasteiger charge is -2.57. The van der Waals surface area contributed by atoms with Crippen LogP contribution in [0.15, 0.2) is 11.1 Å². The van der Waals surface area contributed by atoms with Crippen LogP contribution in [0.25, 0.3) is 0 Å². The zero-order valence-corrected chi connectivity index (χ0v) is 27.9. The Kier molecular flexibility index (Phi) is 9.16. The lowest BCUT2D eigenvalue weighted by atomic mass is 9.52. The van der Waals surface area contributed by atoms with Crippen LogP contribution in [0, 0.1) is 16.7 Å². The molecule has 0 aromatic carbocycles. The summed E-state index contributed by atoms with van der Waals surface area (Å²) in [5, 5.41) is 12.3. The van der Waals surface area contributed by atoms with Gasteiger partial charge in [-0.2, -0.15) is 0 Å². The molecule has 0 radical (unpaired) electrons. The molecule has 0 amide bonds. The van der Waals surface area contributed by atoms with Crippen molar-refractivity contribution in [3.8, 4) is 0 Å². The van der Waals surface area contributed by atoms with Gasteiger partial charge in [0.1, 0.15) is 30.0 Å². The molecule has 4 aliphatic rings. The molecule has 1 heterocycles. The maximum atomic E-state index is 13.1. The second-order valence-corrected chi connectivity index (χ2v) is 13.5. The van der Waals surface area contributed by atoms with Crippen LogP contribution >= 0.6 is 0 Å². The molecule has 0 aromatic rings. The summed E-state index contributed by atoms with van der Waals surface area (Å²) in [5.74, 6) is -5.43. The fourth-order valence-corrected chi connectivity index (χ4v) is 8.55. The summed E-state index contributed by atoms with van der Waals surface area (Å²) in [6.45, 7) is 13.4. The van der Waals surface area contributed by atoms with Crippen LogP contribution in [0.2, 0.25) is 0 Å². The van der Waals surface area contributed by atoms with Crippen molar-refractivity contribution in [3.05, 3.63) is 11.1 Å². The van der Waals surface area contributed by atoms with E-state index in [0.29, 0.717) is 5.57 Å². The minimum absolute atomic E-state index is 0.00583. The van der Waals surface area contributed by atoms with E-state index in [1.165, 1.54) is 41.5 Å². The smallest absolute Gasteiger partial charge is 0.303 e. The SMILES string of the molecule is CC(=O)O[C@H]1C[C@]2(C(C)(C)O)C(=C1C)[C@@H](OC(C)=O)[C@@H](OC(C)=O)[C@]1(C)[C@@H](OC(C)=O)C[C@H](OC(C)=O)[C@]3(CO3)[C@H]1[C@@H]2OC(C)=O. The van der Waals surface area contributed by atoms with Crippen molar-refractivity contribution in [2.24, 2.45) is 16.7 Å². The van der Waals surface area contributed by atoms with Crippen molar-refractivity contribution in [1.29, 1.82) is 0 Å². The van der Waals surface area contributed by atoms with Gasteiger partial charge in [0.25, 0.3) is 0 Å². The Labute approximate surface area is 267 Å². The number of rotatable bonds is 7. The van der Waals surface area contributed by atoms with Gasteiger partial charge in [-0.15, -0.1) is 0 Å². The van der Waals surface area contributed by atoms with E-state index in [-0.39, 0.29) is 25.0 Å². The predicted molar refractivity (Wildman–Crippen MR) is 154 cm³/mol. The number of ether oxygens (including phenoxy) is 7. The van der Waals surface area contributed by atoms with Gasteiger partial charge in [0.2, 0.25) is 0 Å². The van der Waals surface area contributed by atoms with Gasteiger partial charge >= 0.3 is 35.8 Å². The molecule has 3 fully saturated rings. The molecule has 46 heavy (non-hydrogen) atoms. The average Bonchev–Trinajstić information content (AvgIpc) is 3.61. The van der Waals surface area contributed by atoms with Crippen LogP contribution in [0.1, 0.15) is 82.1 Å². The number of esters is 6. The van der Waals surface area contributed by atoms with E-state index in [1.54, 1.807) is 13.8 Å². The first-order valence-electron chi connectivity index (χ1n) is 15.2. The Morgan fingerprint density at radius 1 is 0.739 bits per heavy atom. The lowest BCUT2D eigenvalue weighted by Crippen LogP contribution is -2.69. The summed E-state index contributed by atoms with van der Waals surface area (Å²) in [6.07, 6.45) is -7.73. The van der Waals surface area contributed by atoms with Gasteiger partial charge < -0.3 is 38.3 Å². The number of epoxide rings is 1. The van der Waals surface area contributed by atoms with Gasteiger partial charge in [0.15, 0.2) is 12.2 Å². The molecule has 1 N–H and O–H groups in total. The molecule has 256 valence electrons. The van der Waals surface area contributed by atoms with Crippen molar-refractivity contribution in [2.45, 2.75) is 130 Å². The van der Waals surface area contributed by atoms with E-state index < -0.39 is 100 Å². The van der Waals surface area contributed by atoms with E-state index in [0.717, 1.165) is 13.8 Å². The highest BCUT2D eigenvalue weighted by molar-refractivity contribution is 5.71. The molecule has 0 unspecified atom stereocenters. The minimum Gasteiger partial charge on any atom is -0.462 e. The fraction of sp³-hybridized carbons (Fsp3) is 0.750. The van der Waals surface area contributed by atoms with Crippen LogP contribution in [-0.2, 0) is 61.9 Å². The maximum Gasteiger partial charge on any atom is 0.303 e. The van der Waals surface area contributed by atoms with Crippen LogP contribution in [0.4, 0.5) is 0 Å². The third kappa shape index (κ3) is 5.67. The Morgan fingerprint density at radius 2 is 1.20 bits per heavy atom. The van der Waals surface area contributed by atoms with Crippen LogP contribution in [0.5, 0.6) is 0 Å². The third-order valence-electron chi connectivity index (χ3n) is 10.1. The van der Waals surface area contributed by atoms with Crippen LogP contribution in [0.3, 0.4) is 0 Å². The molecular weight excluding hydrogens is 608 g/mol. The van der Waals surface area contributed by atoms with Gasteiger partial charge in [0.05, 0.1) is 23.0 Å². The lowest BCUT2D eigenvalue weighted by molar-refractivity contribution is -0.248. The summed E-state index contributed by atoms with van der Waals surface area (Å²) >= 11 is 0. The Hall–Kier alpha value is -3.52. The van der Waals surface area contributed by atoms with Crippen molar-refractivity contribution in [2.75, 3.05) is 6.61 Å². The molecule has 3 aliphatic carbocycles. The number of hydrogen-bond donors (Lipinski definition) is 1. The molecule has 0 aromatic heterocycles. The highest BCUT2D eigenvalue weighted by atomic mass is 16.6. The van der Waals surface area contributed by atoms with Gasteiger partial charge in [-0.3, -0.25) is 28.8 Å². The molecule has 4 rings (SSSR count). The van der Waals surface area contributed by atoms with E-state index in [1.807, 2.05) is 0 Å². The number of hydrogen-bond acceptors (Lipinski definition) is 14. The second kappa shape index (κ2) is 11.9. The van der Waals surface area contributed by atoms with Crippen molar-refractivity contribution in [1.82, 2.24) is 0 Å². The average molecular weight is 653 g/mol. The first kappa shape index (κ1) is 35.3. The molecule has 10 atom stereocenters. The third-order valence-corrected chi connectivity index (χ3v) is 10.1. The van der Waals surface area contributed by atoms with E-state index >= 15 is 0 Å². The molecule has 1 saturated heterocycles. The Balaban J connectivity index is 2.22. The molecular formula is C32H44O14. The first-order valence-corrected chi connectivity index (χ1v) is 15.2.